The number of imide groups is 1. The number of hydrogen-bond acceptors (Lipinski definition) is 3. The van der Waals surface area contributed by atoms with E-state index >= 15 is 0 Å². The standard InChI is InChI=1S/C11H19N3O2/c1-7(2)9-10(15)14(11(16)13-9)8-3-5-12-6-4-8/h7-9,12H,3-6H2,1-2H3,(H,13,16)/t9-/m0/s1. The van der Waals surface area contributed by atoms with E-state index in [9.17, 15) is 9.59 Å². The first-order valence-corrected chi connectivity index (χ1v) is 5.95. The summed E-state index contributed by atoms with van der Waals surface area (Å²) in [6, 6.07) is -0.463. The fourth-order valence-corrected chi connectivity index (χ4v) is 2.38. The summed E-state index contributed by atoms with van der Waals surface area (Å²) in [7, 11) is 0. The molecule has 2 aliphatic rings. The van der Waals surface area contributed by atoms with Crippen LogP contribution in [0.1, 0.15) is 26.7 Å². The molecule has 1 atom stereocenters. The molecule has 2 aliphatic heterocycles. The lowest BCUT2D eigenvalue weighted by atomic mass is 10.0. The van der Waals surface area contributed by atoms with Crippen molar-refractivity contribution < 1.29 is 9.59 Å². The summed E-state index contributed by atoms with van der Waals surface area (Å²) in [4.78, 5) is 25.3. The van der Waals surface area contributed by atoms with E-state index in [0.29, 0.717) is 0 Å². The highest BCUT2D eigenvalue weighted by Crippen LogP contribution is 2.20. The number of carbonyl (C=O) groups is 2. The van der Waals surface area contributed by atoms with Crippen molar-refractivity contribution in [2.45, 2.75) is 38.8 Å². The van der Waals surface area contributed by atoms with Crippen molar-refractivity contribution in [2.24, 2.45) is 5.92 Å². The van der Waals surface area contributed by atoms with Gasteiger partial charge in [0, 0.05) is 6.04 Å². The molecule has 0 unspecified atom stereocenters. The molecular weight excluding hydrogens is 206 g/mol. The van der Waals surface area contributed by atoms with Crippen LogP contribution in [-0.4, -0.2) is 42.0 Å². The molecule has 2 heterocycles. The number of amides is 3. The average Bonchev–Trinajstić information content (AvgIpc) is 2.56. The molecule has 0 aromatic rings. The minimum absolute atomic E-state index is 0.0492. The minimum atomic E-state index is -0.331. The van der Waals surface area contributed by atoms with Crippen LogP contribution in [0, 0.1) is 5.92 Å². The number of nitrogens with zero attached hydrogens (tertiary/aromatic N) is 1. The Hall–Kier alpha value is -1.10. The zero-order valence-corrected chi connectivity index (χ0v) is 9.82. The van der Waals surface area contributed by atoms with Crippen LogP contribution >= 0.6 is 0 Å². The summed E-state index contributed by atoms with van der Waals surface area (Å²) in [5.74, 6) is 0.107. The monoisotopic (exact) mass is 225 g/mol. The summed E-state index contributed by atoms with van der Waals surface area (Å²) in [6.07, 6.45) is 1.73. The lowest BCUT2D eigenvalue weighted by Gasteiger charge is -2.29. The Labute approximate surface area is 95.6 Å². The normalized spacial score (nSPS) is 27.7. The zero-order chi connectivity index (χ0) is 11.7. The third-order valence-corrected chi connectivity index (χ3v) is 3.34. The summed E-state index contributed by atoms with van der Waals surface area (Å²) in [5.41, 5.74) is 0. The third kappa shape index (κ3) is 1.91. The highest BCUT2D eigenvalue weighted by molar-refractivity contribution is 6.04. The van der Waals surface area contributed by atoms with Crippen molar-refractivity contribution in [3.63, 3.8) is 0 Å². The second-order valence-corrected chi connectivity index (χ2v) is 4.86. The van der Waals surface area contributed by atoms with Gasteiger partial charge in [-0.3, -0.25) is 9.69 Å². The molecule has 0 bridgehead atoms. The maximum absolute atomic E-state index is 12.1. The second-order valence-electron chi connectivity index (χ2n) is 4.86. The van der Waals surface area contributed by atoms with Crippen molar-refractivity contribution >= 4 is 11.9 Å². The molecule has 0 spiro atoms. The summed E-state index contributed by atoms with van der Waals surface area (Å²) in [5, 5.41) is 6.00. The van der Waals surface area contributed by atoms with Gasteiger partial charge in [-0.2, -0.15) is 0 Å². The summed E-state index contributed by atoms with van der Waals surface area (Å²) in [6.45, 7) is 5.67. The van der Waals surface area contributed by atoms with Gasteiger partial charge in [-0.05, 0) is 31.8 Å². The Kier molecular flexibility index (Phi) is 3.14. The largest absolute Gasteiger partial charge is 0.326 e. The van der Waals surface area contributed by atoms with Gasteiger partial charge in [-0.1, -0.05) is 13.8 Å². The highest BCUT2D eigenvalue weighted by Gasteiger charge is 2.43. The molecule has 3 amide bonds. The van der Waals surface area contributed by atoms with Gasteiger partial charge in [0.25, 0.3) is 5.91 Å². The van der Waals surface area contributed by atoms with E-state index in [4.69, 9.17) is 0 Å². The van der Waals surface area contributed by atoms with E-state index in [1.54, 1.807) is 0 Å². The third-order valence-electron chi connectivity index (χ3n) is 3.34. The topological polar surface area (TPSA) is 61.4 Å². The van der Waals surface area contributed by atoms with E-state index < -0.39 is 0 Å². The molecule has 0 aromatic heterocycles. The predicted octanol–water partition coefficient (Wildman–Crippen LogP) is 0.315. The Morgan fingerprint density at radius 3 is 2.38 bits per heavy atom. The fourth-order valence-electron chi connectivity index (χ4n) is 2.38. The van der Waals surface area contributed by atoms with Crippen molar-refractivity contribution in [3.8, 4) is 0 Å². The first-order valence-electron chi connectivity index (χ1n) is 5.95. The number of hydrogen-bond donors (Lipinski definition) is 2. The van der Waals surface area contributed by atoms with Crippen LogP contribution in [-0.2, 0) is 4.79 Å². The number of carbonyl (C=O) groups excluding carboxylic acids is 2. The minimum Gasteiger partial charge on any atom is -0.326 e. The first-order chi connectivity index (χ1) is 7.61. The van der Waals surface area contributed by atoms with Gasteiger partial charge in [0.05, 0.1) is 0 Å². The van der Waals surface area contributed by atoms with Gasteiger partial charge >= 0.3 is 6.03 Å². The van der Waals surface area contributed by atoms with Crippen molar-refractivity contribution in [3.05, 3.63) is 0 Å². The summed E-state index contributed by atoms with van der Waals surface area (Å²) < 4.78 is 0. The van der Waals surface area contributed by atoms with Gasteiger partial charge in [0.1, 0.15) is 6.04 Å². The Morgan fingerprint density at radius 1 is 1.25 bits per heavy atom. The molecule has 2 fully saturated rings. The van der Waals surface area contributed by atoms with E-state index in [0.717, 1.165) is 25.9 Å². The van der Waals surface area contributed by atoms with E-state index in [-0.39, 0.29) is 29.9 Å². The van der Waals surface area contributed by atoms with Gasteiger partial charge in [-0.15, -0.1) is 0 Å². The summed E-state index contributed by atoms with van der Waals surface area (Å²) >= 11 is 0. The molecule has 0 radical (unpaired) electrons. The maximum atomic E-state index is 12.1. The van der Waals surface area contributed by atoms with Crippen molar-refractivity contribution in [1.82, 2.24) is 15.5 Å². The van der Waals surface area contributed by atoms with E-state index in [1.807, 2.05) is 13.8 Å². The van der Waals surface area contributed by atoms with Crippen LogP contribution in [0.4, 0.5) is 4.79 Å². The van der Waals surface area contributed by atoms with Crippen LogP contribution in [0.25, 0.3) is 0 Å². The number of piperidine rings is 1. The molecule has 5 nitrogen and oxygen atoms in total. The van der Waals surface area contributed by atoms with Gasteiger partial charge in [-0.25, -0.2) is 4.79 Å². The molecule has 0 aliphatic carbocycles. The SMILES string of the molecule is CC(C)[C@@H]1NC(=O)N(C2CCNCC2)C1=O. The van der Waals surface area contributed by atoms with Crippen LogP contribution < -0.4 is 10.6 Å². The zero-order valence-electron chi connectivity index (χ0n) is 9.82. The van der Waals surface area contributed by atoms with Crippen LogP contribution in [0.2, 0.25) is 0 Å². The Bertz CT molecular complexity index is 298. The van der Waals surface area contributed by atoms with Crippen molar-refractivity contribution in [1.29, 1.82) is 0 Å². The lowest BCUT2D eigenvalue weighted by Crippen LogP contribution is -2.46. The van der Waals surface area contributed by atoms with Crippen LogP contribution in [0.5, 0.6) is 0 Å². The Morgan fingerprint density at radius 2 is 1.88 bits per heavy atom. The average molecular weight is 225 g/mol. The van der Waals surface area contributed by atoms with Crippen molar-refractivity contribution in [2.75, 3.05) is 13.1 Å². The molecule has 90 valence electrons. The molecule has 2 saturated heterocycles. The maximum Gasteiger partial charge on any atom is 0.325 e. The highest BCUT2D eigenvalue weighted by atomic mass is 16.2. The quantitative estimate of drug-likeness (QED) is 0.665. The molecule has 16 heavy (non-hydrogen) atoms. The Balaban J connectivity index is 2.09. The van der Waals surface area contributed by atoms with Gasteiger partial charge in [0.2, 0.25) is 0 Å². The molecule has 2 rings (SSSR count). The molecule has 0 saturated carbocycles. The van der Waals surface area contributed by atoms with E-state index in [1.165, 1.54) is 4.90 Å². The number of urea groups is 1. The van der Waals surface area contributed by atoms with Crippen LogP contribution in [0.15, 0.2) is 0 Å². The molecule has 2 N–H and O–H groups in total. The van der Waals surface area contributed by atoms with E-state index in [2.05, 4.69) is 10.6 Å². The fraction of sp³-hybridized carbons (Fsp3) is 0.818. The number of rotatable bonds is 2. The lowest BCUT2D eigenvalue weighted by molar-refractivity contribution is -0.130. The molecule has 0 aromatic carbocycles. The molecule has 5 heteroatoms. The van der Waals surface area contributed by atoms with Gasteiger partial charge < -0.3 is 10.6 Å². The molecular formula is C11H19N3O2. The predicted molar refractivity (Wildman–Crippen MR) is 59.9 cm³/mol. The smallest absolute Gasteiger partial charge is 0.325 e. The first kappa shape index (κ1) is 11.4. The second kappa shape index (κ2) is 4.41. The van der Waals surface area contributed by atoms with Gasteiger partial charge in [0.15, 0.2) is 0 Å². The number of nitrogens with one attached hydrogen (secondary N) is 2. The van der Waals surface area contributed by atoms with Crippen LogP contribution in [0.3, 0.4) is 0 Å².